The molecule has 3 unspecified atom stereocenters. The average Bonchev–Trinajstić information content (AvgIpc) is 2.41. The Bertz CT molecular complexity index is 431. The van der Waals surface area contributed by atoms with Crippen molar-refractivity contribution in [3.05, 3.63) is 34.9 Å². The molecule has 3 atom stereocenters. The number of hydrogen-bond acceptors (Lipinski definition) is 3. The van der Waals surface area contributed by atoms with Crippen LogP contribution in [0.5, 0.6) is 0 Å². The maximum absolute atomic E-state index is 5.96. The zero-order valence-electron chi connectivity index (χ0n) is 12.5. The van der Waals surface area contributed by atoms with Gasteiger partial charge in [-0.1, -0.05) is 18.2 Å². The van der Waals surface area contributed by atoms with E-state index < -0.39 is 0 Å². The Kier molecular flexibility index (Phi) is 4.61. The molecule has 1 saturated heterocycles. The minimum Gasteiger partial charge on any atom is -0.374 e. The van der Waals surface area contributed by atoms with Crippen molar-refractivity contribution in [3.8, 4) is 0 Å². The van der Waals surface area contributed by atoms with Crippen LogP contribution >= 0.6 is 0 Å². The van der Waals surface area contributed by atoms with Crippen molar-refractivity contribution in [2.24, 2.45) is 5.73 Å². The third kappa shape index (κ3) is 3.35. The molecule has 106 valence electrons. The van der Waals surface area contributed by atoms with Gasteiger partial charge in [-0.25, -0.2) is 0 Å². The molecule has 1 aliphatic heterocycles. The minimum absolute atomic E-state index is 0.0924. The average molecular weight is 262 g/mol. The van der Waals surface area contributed by atoms with Crippen molar-refractivity contribution in [1.29, 1.82) is 0 Å². The van der Waals surface area contributed by atoms with E-state index in [1.54, 1.807) is 0 Å². The van der Waals surface area contributed by atoms with Crippen LogP contribution in [-0.2, 0) is 4.74 Å². The van der Waals surface area contributed by atoms with Crippen LogP contribution in [0.4, 0.5) is 0 Å². The van der Waals surface area contributed by atoms with E-state index in [2.05, 4.69) is 43.9 Å². The normalized spacial score (nSPS) is 24.2. The first-order valence-corrected chi connectivity index (χ1v) is 7.17. The van der Waals surface area contributed by atoms with Crippen LogP contribution in [0.15, 0.2) is 18.2 Å². The second kappa shape index (κ2) is 6.04. The van der Waals surface area contributed by atoms with E-state index in [1.165, 1.54) is 16.7 Å². The summed E-state index contributed by atoms with van der Waals surface area (Å²) in [5.41, 5.74) is 10.1. The molecule has 0 amide bonds. The summed E-state index contributed by atoms with van der Waals surface area (Å²) in [5, 5.41) is 0. The molecular weight excluding hydrogens is 236 g/mol. The third-order valence-corrected chi connectivity index (χ3v) is 4.27. The molecule has 0 aromatic heterocycles. The van der Waals surface area contributed by atoms with Gasteiger partial charge >= 0.3 is 0 Å². The van der Waals surface area contributed by atoms with Gasteiger partial charge in [0.1, 0.15) is 0 Å². The van der Waals surface area contributed by atoms with E-state index in [0.717, 1.165) is 19.7 Å². The maximum Gasteiger partial charge on any atom is 0.0850 e. The highest BCUT2D eigenvalue weighted by atomic mass is 16.5. The second-order valence-electron chi connectivity index (χ2n) is 5.78. The fourth-order valence-corrected chi connectivity index (χ4v) is 2.60. The van der Waals surface area contributed by atoms with Crippen LogP contribution in [-0.4, -0.2) is 36.7 Å². The Labute approximate surface area is 116 Å². The molecule has 1 aliphatic rings. The van der Waals surface area contributed by atoms with E-state index in [-0.39, 0.29) is 12.1 Å². The second-order valence-corrected chi connectivity index (χ2v) is 5.78. The first-order valence-electron chi connectivity index (χ1n) is 7.17. The first-order chi connectivity index (χ1) is 8.99. The van der Waals surface area contributed by atoms with Gasteiger partial charge in [0.25, 0.3) is 0 Å². The Hall–Kier alpha value is -0.900. The number of nitrogens with zero attached hydrogens (tertiary/aromatic N) is 1. The summed E-state index contributed by atoms with van der Waals surface area (Å²) in [6, 6.07) is 7.27. The first kappa shape index (κ1) is 14.5. The molecule has 1 heterocycles. The van der Waals surface area contributed by atoms with Gasteiger partial charge in [-0.15, -0.1) is 0 Å². The fourth-order valence-electron chi connectivity index (χ4n) is 2.60. The lowest BCUT2D eigenvalue weighted by Gasteiger charge is -2.38. The van der Waals surface area contributed by atoms with Crippen molar-refractivity contribution in [1.82, 2.24) is 4.90 Å². The lowest BCUT2D eigenvalue weighted by molar-refractivity contribution is -0.0498. The Morgan fingerprint density at radius 2 is 2.00 bits per heavy atom. The summed E-state index contributed by atoms with van der Waals surface area (Å²) >= 11 is 0. The van der Waals surface area contributed by atoms with E-state index in [1.807, 2.05) is 6.92 Å². The number of nitrogens with two attached hydrogens (primary N) is 1. The van der Waals surface area contributed by atoms with Gasteiger partial charge in [-0.3, -0.25) is 4.90 Å². The highest BCUT2D eigenvalue weighted by Crippen LogP contribution is 2.24. The lowest BCUT2D eigenvalue weighted by atomic mass is 10.00. The molecule has 1 fully saturated rings. The molecule has 1 aromatic rings. The summed E-state index contributed by atoms with van der Waals surface area (Å²) in [4.78, 5) is 2.47. The number of rotatable bonds is 3. The van der Waals surface area contributed by atoms with Gasteiger partial charge < -0.3 is 10.5 Å². The predicted octanol–water partition coefficient (Wildman–Crippen LogP) is 2.41. The third-order valence-electron chi connectivity index (χ3n) is 4.27. The molecule has 3 nitrogen and oxygen atoms in total. The molecule has 2 rings (SSSR count). The predicted molar refractivity (Wildman–Crippen MR) is 79.3 cm³/mol. The summed E-state index contributed by atoms with van der Waals surface area (Å²) in [6.07, 6.45) is 0.155. The Morgan fingerprint density at radius 3 is 2.63 bits per heavy atom. The molecule has 0 bridgehead atoms. The van der Waals surface area contributed by atoms with Gasteiger partial charge in [0.05, 0.1) is 12.7 Å². The zero-order chi connectivity index (χ0) is 14.0. The lowest BCUT2D eigenvalue weighted by Crippen LogP contribution is -2.50. The number of morpholine rings is 1. The number of benzene rings is 1. The summed E-state index contributed by atoms with van der Waals surface area (Å²) in [5.74, 6) is 0. The molecule has 3 heteroatoms. The van der Waals surface area contributed by atoms with E-state index in [4.69, 9.17) is 10.5 Å². The zero-order valence-corrected chi connectivity index (χ0v) is 12.5. The van der Waals surface area contributed by atoms with E-state index >= 15 is 0 Å². The SMILES string of the molecule is Cc1ccc(C(C)N2CCOC(C(C)N)C2)cc1C. The van der Waals surface area contributed by atoms with Crippen LogP contribution in [0.3, 0.4) is 0 Å². The topological polar surface area (TPSA) is 38.5 Å². The van der Waals surface area contributed by atoms with E-state index in [9.17, 15) is 0 Å². The quantitative estimate of drug-likeness (QED) is 0.909. The summed E-state index contributed by atoms with van der Waals surface area (Å²) in [7, 11) is 0. The minimum atomic E-state index is 0.0924. The largest absolute Gasteiger partial charge is 0.374 e. The van der Waals surface area contributed by atoms with Gasteiger partial charge in [0.15, 0.2) is 0 Å². The summed E-state index contributed by atoms with van der Waals surface area (Å²) < 4.78 is 5.73. The van der Waals surface area contributed by atoms with Crippen molar-refractivity contribution >= 4 is 0 Å². The molecule has 19 heavy (non-hydrogen) atoms. The monoisotopic (exact) mass is 262 g/mol. The van der Waals surface area contributed by atoms with Crippen molar-refractivity contribution in [2.45, 2.75) is 45.9 Å². The van der Waals surface area contributed by atoms with Crippen LogP contribution in [0.2, 0.25) is 0 Å². The Balaban J connectivity index is 2.10. The van der Waals surface area contributed by atoms with Crippen LogP contribution < -0.4 is 5.73 Å². The Morgan fingerprint density at radius 1 is 1.26 bits per heavy atom. The molecule has 0 aliphatic carbocycles. The molecule has 0 spiro atoms. The van der Waals surface area contributed by atoms with Gasteiger partial charge in [-0.2, -0.15) is 0 Å². The van der Waals surface area contributed by atoms with Gasteiger partial charge in [-0.05, 0) is 44.4 Å². The summed E-state index contributed by atoms with van der Waals surface area (Å²) in [6.45, 7) is 11.3. The molecule has 1 aromatic carbocycles. The maximum atomic E-state index is 5.96. The molecule has 2 N–H and O–H groups in total. The van der Waals surface area contributed by atoms with Gasteiger partial charge in [0.2, 0.25) is 0 Å². The van der Waals surface area contributed by atoms with Crippen LogP contribution in [0.1, 0.15) is 36.6 Å². The molecule has 0 radical (unpaired) electrons. The smallest absolute Gasteiger partial charge is 0.0850 e. The molecular formula is C16H26N2O. The highest BCUT2D eigenvalue weighted by Gasteiger charge is 2.26. The van der Waals surface area contributed by atoms with Crippen LogP contribution in [0, 0.1) is 13.8 Å². The number of hydrogen-bond donors (Lipinski definition) is 1. The van der Waals surface area contributed by atoms with Crippen LogP contribution in [0.25, 0.3) is 0 Å². The van der Waals surface area contributed by atoms with Gasteiger partial charge in [0, 0.05) is 25.2 Å². The molecule has 0 saturated carbocycles. The highest BCUT2D eigenvalue weighted by molar-refractivity contribution is 5.31. The fraction of sp³-hybridized carbons (Fsp3) is 0.625. The van der Waals surface area contributed by atoms with Crippen molar-refractivity contribution in [3.63, 3.8) is 0 Å². The van der Waals surface area contributed by atoms with E-state index in [0.29, 0.717) is 6.04 Å². The van der Waals surface area contributed by atoms with Crippen molar-refractivity contribution in [2.75, 3.05) is 19.7 Å². The number of aryl methyl sites for hydroxylation is 2. The van der Waals surface area contributed by atoms with Crippen molar-refractivity contribution < 1.29 is 4.74 Å². The number of ether oxygens (including phenoxy) is 1. The standard InChI is InChI=1S/C16H26N2O/c1-11-5-6-15(9-12(11)2)14(4)18-7-8-19-16(10-18)13(3)17/h5-6,9,13-14,16H,7-8,10,17H2,1-4H3.